The number of rotatable bonds is 9. The fraction of sp³-hybridized carbons (Fsp3) is 0.588. The molecule has 2 N–H and O–H groups in total. The maximum atomic E-state index is 11.7. The zero-order chi connectivity index (χ0) is 14.6. The first-order valence-electron chi connectivity index (χ1n) is 7.80. The lowest BCUT2D eigenvalue weighted by atomic mass is 10.1. The van der Waals surface area contributed by atoms with Crippen molar-refractivity contribution >= 4 is 6.03 Å². The van der Waals surface area contributed by atoms with Crippen LogP contribution in [0.25, 0.3) is 0 Å². The molecule has 0 spiro atoms. The second kappa shape index (κ2) is 10.3. The van der Waals surface area contributed by atoms with Crippen molar-refractivity contribution in [1.82, 2.24) is 10.6 Å². The van der Waals surface area contributed by atoms with E-state index >= 15 is 0 Å². The van der Waals surface area contributed by atoms with E-state index in [0.29, 0.717) is 0 Å². The van der Waals surface area contributed by atoms with Gasteiger partial charge in [0.05, 0.1) is 0 Å². The number of benzene rings is 1. The summed E-state index contributed by atoms with van der Waals surface area (Å²) in [5, 5.41) is 5.91. The zero-order valence-electron chi connectivity index (χ0n) is 12.8. The Morgan fingerprint density at radius 3 is 2.60 bits per heavy atom. The van der Waals surface area contributed by atoms with E-state index in [2.05, 4.69) is 36.6 Å². The highest BCUT2D eigenvalue weighted by atomic mass is 16.2. The van der Waals surface area contributed by atoms with E-state index in [0.717, 1.165) is 25.8 Å². The molecule has 0 aromatic heterocycles. The minimum Gasteiger partial charge on any atom is -0.338 e. The number of unbranched alkanes of at least 4 members (excludes halogenated alkanes) is 2. The van der Waals surface area contributed by atoms with Gasteiger partial charge in [-0.25, -0.2) is 4.79 Å². The molecule has 0 heterocycles. The van der Waals surface area contributed by atoms with Crippen LogP contribution in [0, 0.1) is 0 Å². The summed E-state index contributed by atoms with van der Waals surface area (Å²) >= 11 is 0. The molecule has 0 fully saturated rings. The SMILES string of the molecule is CCCCCC(C)NC(=O)NCCCc1ccccc1. The minimum absolute atomic E-state index is 0.0398. The molecule has 1 unspecified atom stereocenters. The van der Waals surface area contributed by atoms with Gasteiger partial charge in [0, 0.05) is 12.6 Å². The minimum atomic E-state index is -0.0398. The summed E-state index contributed by atoms with van der Waals surface area (Å²) in [7, 11) is 0. The smallest absolute Gasteiger partial charge is 0.314 e. The second-order valence-electron chi connectivity index (χ2n) is 5.39. The van der Waals surface area contributed by atoms with Crippen LogP contribution in [0.15, 0.2) is 30.3 Å². The van der Waals surface area contributed by atoms with Crippen LogP contribution in [0.2, 0.25) is 0 Å². The molecule has 0 radical (unpaired) electrons. The Labute approximate surface area is 123 Å². The first-order valence-corrected chi connectivity index (χ1v) is 7.80. The van der Waals surface area contributed by atoms with Crippen LogP contribution in [0.3, 0.4) is 0 Å². The number of urea groups is 1. The summed E-state index contributed by atoms with van der Waals surface area (Å²) in [6, 6.07) is 10.6. The number of nitrogens with one attached hydrogen (secondary N) is 2. The predicted molar refractivity (Wildman–Crippen MR) is 84.9 cm³/mol. The van der Waals surface area contributed by atoms with Crippen LogP contribution in [-0.4, -0.2) is 18.6 Å². The van der Waals surface area contributed by atoms with Crippen LogP contribution in [0.4, 0.5) is 4.79 Å². The van der Waals surface area contributed by atoms with Crippen LogP contribution < -0.4 is 10.6 Å². The van der Waals surface area contributed by atoms with E-state index in [1.165, 1.54) is 24.8 Å². The standard InChI is InChI=1S/C17H28N2O/c1-3-4-6-10-15(2)19-17(20)18-14-9-13-16-11-7-5-8-12-16/h5,7-8,11-12,15H,3-4,6,9-10,13-14H2,1-2H3,(H2,18,19,20). The number of hydrogen-bond acceptors (Lipinski definition) is 1. The largest absolute Gasteiger partial charge is 0.338 e. The molecule has 0 saturated carbocycles. The van der Waals surface area contributed by atoms with E-state index < -0.39 is 0 Å². The number of carbonyl (C=O) groups excluding carboxylic acids is 1. The molecule has 1 atom stereocenters. The average molecular weight is 276 g/mol. The third kappa shape index (κ3) is 7.82. The van der Waals surface area contributed by atoms with Gasteiger partial charge in [-0.2, -0.15) is 0 Å². The Balaban J connectivity index is 2.05. The quantitative estimate of drug-likeness (QED) is 0.660. The Morgan fingerprint density at radius 1 is 1.15 bits per heavy atom. The maximum absolute atomic E-state index is 11.7. The topological polar surface area (TPSA) is 41.1 Å². The Kier molecular flexibility index (Phi) is 8.52. The predicted octanol–water partition coefficient (Wildman–Crippen LogP) is 3.89. The fourth-order valence-electron chi connectivity index (χ4n) is 2.19. The maximum Gasteiger partial charge on any atom is 0.314 e. The molecule has 0 bridgehead atoms. The Hall–Kier alpha value is -1.51. The third-order valence-corrected chi connectivity index (χ3v) is 3.39. The van der Waals surface area contributed by atoms with Crippen molar-refractivity contribution in [2.45, 2.75) is 58.4 Å². The number of carbonyl (C=O) groups is 1. The number of aryl methyl sites for hydroxylation is 1. The molecule has 112 valence electrons. The van der Waals surface area contributed by atoms with Gasteiger partial charge in [0.25, 0.3) is 0 Å². The van der Waals surface area contributed by atoms with Crippen molar-refractivity contribution in [2.75, 3.05) is 6.54 Å². The molecule has 0 saturated heterocycles. The van der Waals surface area contributed by atoms with E-state index in [1.54, 1.807) is 0 Å². The molecule has 0 aliphatic carbocycles. The summed E-state index contributed by atoms with van der Waals surface area (Å²) in [4.78, 5) is 11.7. The first kappa shape index (κ1) is 16.5. The molecular weight excluding hydrogens is 248 g/mol. The van der Waals surface area contributed by atoms with E-state index in [4.69, 9.17) is 0 Å². The monoisotopic (exact) mass is 276 g/mol. The van der Waals surface area contributed by atoms with Crippen LogP contribution in [-0.2, 0) is 6.42 Å². The van der Waals surface area contributed by atoms with Gasteiger partial charge in [-0.15, -0.1) is 0 Å². The van der Waals surface area contributed by atoms with Crippen LogP contribution in [0.5, 0.6) is 0 Å². The van der Waals surface area contributed by atoms with Gasteiger partial charge in [-0.3, -0.25) is 0 Å². The highest BCUT2D eigenvalue weighted by Crippen LogP contribution is 2.03. The molecule has 0 aliphatic rings. The molecule has 1 aromatic rings. The second-order valence-corrected chi connectivity index (χ2v) is 5.39. The van der Waals surface area contributed by atoms with Crippen molar-refractivity contribution in [3.63, 3.8) is 0 Å². The number of amides is 2. The van der Waals surface area contributed by atoms with Crippen molar-refractivity contribution in [3.8, 4) is 0 Å². The molecule has 3 nitrogen and oxygen atoms in total. The zero-order valence-corrected chi connectivity index (χ0v) is 12.8. The van der Waals surface area contributed by atoms with Crippen LogP contribution in [0.1, 0.15) is 51.5 Å². The highest BCUT2D eigenvalue weighted by molar-refractivity contribution is 5.74. The summed E-state index contributed by atoms with van der Waals surface area (Å²) in [6.07, 6.45) is 6.69. The lowest BCUT2D eigenvalue weighted by Crippen LogP contribution is -2.41. The fourth-order valence-corrected chi connectivity index (χ4v) is 2.19. The molecule has 3 heteroatoms. The van der Waals surface area contributed by atoms with E-state index in [9.17, 15) is 4.79 Å². The van der Waals surface area contributed by atoms with Gasteiger partial charge in [-0.1, -0.05) is 56.5 Å². The molecule has 1 rings (SSSR count). The van der Waals surface area contributed by atoms with Gasteiger partial charge < -0.3 is 10.6 Å². The normalized spacial score (nSPS) is 11.9. The van der Waals surface area contributed by atoms with Gasteiger partial charge in [0.15, 0.2) is 0 Å². The average Bonchev–Trinajstić information content (AvgIpc) is 2.45. The van der Waals surface area contributed by atoms with Gasteiger partial charge in [-0.05, 0) is 31.7 Å². The van der Waals surface area contributed by atoms with Crippen molar-refractivity contribution in [2.24, 2.45) is 0 Å². The first-order chi connectivity index (χ1) is 9.72. The van der Waals surface area contributed by atoms with Crippen molar-refractivity contribution in [3.05, 3.63) is 35.9 Å². The molecule has 0 aliphatic heterocycles. The Bertz CT molecular complexity index is 365. The van der Waals surface area contributed by atoms with E-state index in [-0.39, 0.29) is 12.1 Å². The lowest BCUT2D eigenvalue weighted by Gasteiger charge is -2.14. The summed E-state index contributed by atoms with van der Waals surface area (Å²) in [6.45, 7) is 4.99. The van der Waals surface area contributed by atoms with Crippen molar-refractivity contribution in [1.29, 1.82) is 0 Å². The third-order valence-electron chi connectivity index (χ3n) is 3.39. The van der Waals surface area contributed by atoms with Gasteiger partial charge in [0.1, 0.15) is 0 Å². The van der Waals surface area contributed by atoms with Crippen LogP contribution >= 0.6 is 0 Å². The molecule has 1 aromatic carbocycles. The molecule has 2 amide bonds. The lowest BCUT2D eigenvalue weighted by molar-refractivity contribution is 0.237. The van der Waals surface area contributed by atoms with Gasteiger partial charge >= 0.3 is 6.03 Å². The molecular formula is C17H28N2O. The Morgan fingerprint density at radius 2 is 1.90 bits per heavy atom. The van der Waals surface area contributed by atoms with Crippen molar-refractivity contribution < 1.29 is 4.79 Å². The van der Waals surface area contributed by atoms with E-state index in [1.807, 2.05) is 18.2 Å². The molecule has 20 heavy (non-hydrogen) atoms. The number of hydrogen-bond donors (Lipinski definition) is 2. The summed E-state index contributed by atoms with van der Waals surface area (Å²) in [5.74, 6) is 0. The highest BCUT2D eigenvalue weighted by Gasteiger charge is 2.05. The summed E-state index contributed by atoms with van der Waals surface area (Å²) in [5.41, 5.74) is 1.32. The summed E-state index contributed by atoms with van der Waals surface area (Å²) < 4.78 is 0. The van der Waals surface area contributed by atoms with Gasteiger partial charge in [0.2, 0.25) is 0 Å².